The van der Waals surface area contributed by atoms with Gasteiger partial charge in [-0.25, -0.2) is 4.79 Å². The number of carbonyl (C=O) groups is 1. The molecule has 0 spiro atoms. The zero-order valence-corrected chi connectivity index (χ0v) is 11.4. The number of nitrogens with one attached hydrogen (secondary N) is 1. The van der Waals surface area contributed by atoms with Gasteiger partial charge in [-0.15, -0.1) is 0 Å². The number of anilines is 1. The van der Waals surface area contributed by atoms with Crippen LogP contribution in [-0.4, -0.2) is 18.8 Å². The summed E-state index contributed by atoms with van der Waals surface area (Å²) in [7, 11) is 1.29. The van der Waals surface area contributed by atoms with Crippen LogP contribution in [0.25, 0.3) is 0 Å². The van der Waals surface area contributed by atoms with E-state index in [2.05, 4.69) is 15.3 Å². The van der Waals surface area contributed by atoms with Crippen molar-refractivity contribution in [3.05, 3.63) is 27.3 Å². The van der Waals surface area contributed by atoms with Crippen molar-refractivity contribution in [2.24, 2.45) is 5.10 Å². The van der Waals surface area contributed by atoms with Crippen LogP contribution in [-0.2, 0) is 4.74 Å². The molecule has 6 nitrogen and oxygen atoms in total. The van der Waals surface area contributed by atoms with Crippen LogP contribution in [0.3, 0.4) is 0 Å². The van der Waals surface area contributed by atoms with Crippen LogP contribution in [0.15, 0.2) is 23.3 Å². The molecule has 0 saturated carbocycles. The quantitative estimate of drug-likeness (QED) is 0.387. The molecule has 1 aromatic rings. The van der Waals surface area contributed by atoms with Crippen molar-refractivity contribution in [2.45, 2.75) is 0 Å². The van der Waals surface area contributed by atoms with Crippen molar-refractivity contribution in [1.29, 1.82) is 10.5 Å². The Balaban J connectivity index is 3.07. The van der Waals surface area contributed by atoms with Gasteiger partial charge in [-0.2, -0.15) is 15.6 Å². The lowest BCUT2D eigenvalue weighted by atomic mass is 10.2. The first kappa shape index (κ1) is 13.9. The number of halogens is 1. The number of hydrazone groups is 1. The van der Waals surface area contributed by atoms with Crippen LogP contribution in [0.2, 0.25) is 0 Å². The molecule has 0 atom stereocenters. The van der Waals surface area contributed by atoms with Crippen molar-refractivity contribution < 1.29 is 9.53 Å². The lowest BCUT2D eigenvalue weighted by molar-refractivity contribution is 0.0599. The van der Waals surface area contributed by atoms with Gasteiger partial charge in [0.05, 0.1) is 21.9 Å². The highest BCUT2D eigenvalue weighted by atomic mass is 127. The van der Waals surface area contributed by atoms with E-state index in [4.69, 9.17) is 10.5 Å². The highest BCUT2D eigenvalue weighted by molar-refractivity contribution is 14.1. The summed E-state index contributed by atoms with van der Waals surface area (Å²) in [6, 6.07) is 8.17. The van der Waals surface area contributed by atoms with Crippen LogP contribution in [0, 0.1) is 26.2 Å². The van der Waals surface area contributed by atoms with E-state index < -0.39 is 5.97 Å². The van der Waals surface area contributed by atoms with E-state index in [9.17, 15) is 4.79 Å². The minimum atomic E-state index is -0.465. The van der Waals surface area contributed by atoms with Gasteiger partial charge in [-0.05, 0) is 34.7 Å². The number of methoxy groups -OCH3 is 1. The Bertz CT molecular complexity index is 568. The molecule has 0 fully saturated rings. The molecule has 0 saturated heterocycles. The predicted octanol–water partition coefficient (Wildman–Crippen LogP) is 1.89. The van der Waals surface area contributed by atoms with Gasteiger partial charge in [0.25, 0.3) is 0 Å². The maximum Gasteiger partial charge on any atom is 0.339 e. The SMILES string of the molecule is COC(=O)c1cccc(NN=C(C#N)C#N)c1I. The van der Waals surface area contributed by atoms with Crippen LogP contribution in [0.4, 0.5) is 5.69 Å². The van der Waals surface area contributed by atoms with Gasteiger partial charge in [-0.3, -0.25) is 5.43 Å². The number of hydrogen-bond donors (Lipinski definition) is 1. The van der Waals surface area contributed by atoms with E-state index in [0.717, 1.165) is 0 Å². The molecule has 1 aromatic carbocycles. The molecule has 7 heteroatoms. The number of hydrogen-bond acceptors (Lipinski definition) is 6. The Hall–Kier alpha value is -2.13. The molecular formula is C11H7IN4O2. The number of carbonyl (C=O) groups excluding carboxylic acids is 1. The topological polar surface area (TPSA) is 98.3 Å². The average molecular weight is 354 g/mol. The third-order valence-electron chi connectivity index (χ3n) is 1.90. The molecule has 1 rings (SSSR count). The molecular weight excluding hydrogens is 347 g/mol. The van der Waals surface area contributed by atoms with E-state index in [1.165, 1.54) is 7.11 Å². The predicted molar refractivity (Wildman–Crippen MR) is 72.8 cm³/mol. The average Bonchev–Trinajstić information content (AvgIpc) is 2.40. The smallest absolute Gasteiger partial charge is 0.339 e. The summed E-state index contributed by atoms with van der Waals surface area (Å²) in [5.41, 5.74) is 3.16. The second-order valence-electron chi connectivity index (χ2n) is 2.95. The zero-order chi connectivity index (χ0) is 13.5. The molecule has 18 heavy (non-hydrogen) atoms. The summed E-state index contributed by atoms with van der Waals surface area (Å²) in [5.74, 6) is -0.465. The van der Waals surface area contributed by atoms with E-state index in [-0.39, 0.29) is 5.71 Å². The number of nitriles is 2. The number of esters is 1. The molecule has 0 aliphatic heterocycles. The van der Waals surface area contributed by atoms with Crippen molar-refractivity contribution in [3.8, 4) is 12.1 Å². The van der Waals surface area contributed by atoms with Crippen molar-refractivity contribution in [3.63, 3.8) is 0 Å². The molecule has 90 valence electrons. The standard InChI is InChI=1S/C11H7IN4O2/c1-18-11(17)8-3-2-4-9(10(8)12)16-15-7(5-13)6-14/h2-4,16H,1H3. The molecule has 0 bridgehead atoms. The Kier molecular flexibility index (Phi) is 5.08. The Morgan fingerprint density at radius 1 is 1.44 bits per heavy atom. The lowest BCUT2D eigenvalue weighted by Crippen LogP contribution is -2.06. The molecule has 0 radical (unpaired) electrons. The fourth-order valence-electron chi connectivity index (χ4n) is 1.08. The fraction of sp³-hybridized carbons (Fsp3) is 0.0909. The summed E-state index contributed by atoms with van der Waals surface area (Å²) in [6.07, 6.45) is 0. The molecule has 0 heterocycles. The first-order valence-corrected chi connectivity index (χ1v) is 5.72. The fourth-order valence-corrected chi connectivity index (χ4v) is 1.78. The number of benzene rings is 1. The highest BCUT2D eigenvalue weighted by Gasteiger charge is 2.12. The summed E-state index contributed by atoms with van der Waals surface area (Å²) >= 11 is 1.95. The minimum Gasteiger partial charge on any atom is -0.465 e. The van der Waals surface area contributed by atoms with Gasteiger partial charge in [0.2, 0.25) is 5.71 Å². The van der Waals surface area contributed by atoms with Gasteiger partial charge in [0.1, 0.15) is 12.1 Å². The number of ether oxygens (including phenoxy) is 1. The molecule has 0 amide bonds. The van der Waals surface area contributed by atoms with Crippen molar-refractivity contribution >= 4 is 40.0 Å². The van der Waals surface area contributed by atoms with Crippen LogP contribution in [0.5, 0.6) is 0 Å². The second kappa shape index (κ2) is 6.57. The maximum atomic E-state index is 11.4. The van der Waals surface area contributed by atoms with Crippen molar-refractivity contribution in [1.82, 2.24) is 0 Å². The van der Waals surface area contributed by atoms with Gasteiger partial charge in [-0.1, -0.05) is 6.07 Å². The summed E-state index contributed by atoms with van der Waals surface area (Å²) in [4.78, 5) is 11.4. The lowest BCUT2D eigenvalue weighted by Gasteiger charge is -2.07. The second-order valence-corrected chi connectivity index (χ2v) is 4.03. The van der Waals surface area contributed by atoms with Crippen LogP contribution >= 0.6 is 22.6 Å². The molecule has 0 aliphatic carbocycles. The summed E-state index contributed by atoms with van der Waals surface area (Å²) in [6.45, 7) is 0. The zero-order valence-electron chi connectivity index (χ0n) is 9.27. The van der Waals surface area contributed by atoms with E-state index in [1.54, 1.807) is 30.3 Å². The first-order chi connectivity index (χ1) is 8.63. The third-order valence-corrected chi connectivity index (χ3v) is 3.07. The Morgan fingerprint density at radius 3 is 2.67 bits per heavy atom. The van der Waals surface area contributed by atoms with Gasteiger partial charge < -0.3 is 4.74 Å². The largest absolute Gasteiger partial charge is 0.465 e. The van der Waals surface area contributed by atoms with Crippen LogP contribution in [0.1, 0.15) is 10.4 Å². The Morgan fingerprint density at radius 2 is 2.11 bits per heavy atom. The van der Waals surface area contributed by atoms with Crippen LogP contribution < -0.4 is 5.43 Å². The molecule has 0 aromatic heterocycles. The number of nitrogens with zero attached hydrogens (tertiary/aromatic N) is 3. The normalized spacial score (nSPS) is 8.67. The Labute approximate surface area is 117 Å². The monoisotopic (exact) mass is 354 g/mol. The van der Waals surface area contributed by atoms with E-state index in [0.29, 0.717) is 14.8 Å². The van der Waals surface area contributed by atoms with Gasteiger partial charge >= 0.3 is 5.97 Å². The van der Waals surface area contributed by atoms with Gasteiger partial charge in [0, 0.05) is 0 Å². The first-order valence-electron chi connectivity index (χ1n) is 4.64. The minimum absolute atomic E-state index is 0.297. The molecule has 1 N–H and O–H groups in total. The number of rotatable bonds is 3. The summed E-state index contributed by atoms with van der Waals surface area (Å²) in [5, 5.41) is 20.7. The van der Waals surface area contributed by atoms with Crippen molar-refractivity contribution in [2.75, 3.05) is 12.5 Å². The van der Waals surface area contributed by atoms with E-state index >= 15 is 0 Å². The molecule has 0 aliphatic rings. The maximum absolute atomic E-state index is 11.4. The third kappa shape index (κ3) is 3.18. The van der Waals surface area contributed by atoms with E-state index in [1.807, 2.05) is 22.6 Å². The van der Waals surface area contributed by atoms with Gasteiger partial charge in [0.15, 0.2) is 0 Å². The molecule has 0 unspecified atom stereocenters. The highest BCUT2D eigenvalue weighted by Crippen LogP contribution is 2.22. The summed E-state index contributed by atoms with van der Waals surface area (Å²) < 4.78 is 5.23.